The zero-order valence-electron chi connectivity index (χ0n) is 11.1. The number of carbonyl (C=O) groups excluding carboxylic acids is 1. The van der Waals surface area contributed by atoms with Crippen LogP contribution >= 0.6 is 0 Å². The summed E-state index contributed by atoms with van der Waals surface area (Å²) in [7, 11) is 0. The molecule has 1 amide bonds. The molecule has 0 saturated heterocycles. The Morgan fingerprint density at radius 1 is 1.19 bits per heavy atom. The molecule has 2 aromatic carbocycles. The van der Waals surface area contributed by atoms with E-state index in [0.29, 0.717) is 11.3 Å². The highest BCUT2D eigenvalue weighted by Gasteiger charge is 2.06. The number of hydrogen-bond acceptors (Lipinski definition) is 3. The van der Waals surface area contributed by atoms with E-state index in [4.69, 9.17) is 5.73 Å². The third kappa shape index (κ3) is 4.45. The van der Waals surface area contributed by atoms with E-state index in [1.807, 2.05) is 0 Å². The van der Waals surface area contributed by atoms with Crippen molar-refractivity contribution in [3.63, 3.8) is 0 Å². The molecule has 0 bridgehead atoms. The smallest absolute Gasteiger partial charge is 0.387 e. The maximum Gasteiger partial charge on any atom is 0.387 e. The molecule has 0 aliphatic heterocycles. The van der Waals surface area contributed by atoms with Crippen molar-refractivity contribution < 1.29 is 18.3 Å². The summed E-state index contributed by atoms with van der Waals surface area (Å²) < 4.78 is 28.3. The minimum Gasteiger partial charge on any atom is -0.435 e. The van der Waals surface area contributed by atoms with Crippen LogP contribution in [0.2, 0.25) is 0 Å². The normalized spacial score (nSPS) is 10.4. The van der Waals surface area contributed by atoms with Crippen molar-refractivity contribution in [2.75, 3.05) is 5.73 Å². The Kier molecular flexibility index (Phi) is 4.71. The molecule has 6 heteroatoms. The third-order valence-corrected chi connectivity index (χ3v) is 2.75. The number of alkyl halides is 2. The number of ether oxygens (including phenoxy) is 1. The highest BCUT2D eigenvalue weighted by atomic mass is 19.3. The Bertz CT molecular complexity index is 615. The summed E-state index contributed by atoms with van der Waals surface area (Å²) >= 11 is 0. The van der Waals surface area contributed by atoms with Gasteiger partial charge in [0.15, 0.2) is 0 Å². The summed E-state index contributed by atoms with van der Waals surface area (Å²) in [6.45, 7) is -2.57. The highest BCUT2D eigenvalue weighted by molar-refractivity contribution is 5.94. The molecule has 4 nitrogen and oxygen atoms in total. The number of nitrogens with two attached hydrogens (primary N) is 1. The Morgan fingerprint density at radius 2 is 1.90 bits per heavy atom. The Balaban J connectivity index is 1.92. The lowest BCUT2D eigenvalue weighted by molar-refractivity contribution is -0.0498. The number of halogens is 2. The second-order valence-electron chi connectivity index (χ2n) is 4.33. The molecule has 0 aliphatic rings. The Morgan fingerprint density at radius 3 is 2.52 bits per heavy atom. The molecule has 0 aromatic heterocycles. The average Bonchev–Trinajstić information content (AvgIpc) is 2.45. The third-order valence-electron chi connectivity index (χ3n) is 2.75. The number of nitrogens with one attached hydrogen (secondary N) is 1. The largest absolute Gasteiger partial charge is 0.435 e. The predicted octanol–water partition coefficient (Wildman–Crippen LogP) is 2.80. The van der Waals surface area contributed by atoms with Gasteiger partial charge < -0.3 is 15.8 Å². The molecule has 3 N–H and O–H groups in total. The lowest BCUT2D eigenvalue weighted by Gasteiger charge is -2.08. The van der Waals surface area contributed by atoms with Gasteiger partial charge >= 0.3 is 6.61 Å². The molecular weight excluding hydrogens is 278 g/mol. The van der Waals surface area contributed by atoms with Gasteiger partial charge in [-0.15, -0.1) is 0 Å². The summed E-state index contributed by atoms with van der Waals surface area (Å²) in [5.74, 6) is -0.175. The first-order valence-electron chi connectivity index (χ1n) is 6.22. The minimum absolute atomic E-state index is 0.0795. The van der Waals surface area contributed by atoms with Crippen LogP contribution in [0.3, 0.4) is 0 Å². The van der Waals surface area contributed by atoms with Crippen LogP contribution in [0.5, 0.6) is 5.75 Å². The first-order chi connectivity index (χ1) is 10.0. The predicted molar refractivity (Wildman–Crippen MR) is 75.1 cm³/mol. The quantitative estimate of drug-likeness (QED) is 0.833. The second kappa shape index (κ2) is 6.69. The Labute approximate surface area is 120 Å². The van der Waals surface area contributed by atoms with E-state index in [-0.39, 0.29) is 18.2 Å². The summed E-state index contributed by atoms with van der Waals surface area (Å²) in [6.07, 6.45) is 0. The number of hydrogen-bond donors (Lipinski definition) is 2. The van der Waals surface area contributed by atoms with Gasteiger partial charge in [0, 0.05) is 17.8 Å². The lowest BCUT2D eigenvalue weighted by atomic mass is 10.1. The van der Waals surface area contributed by atoms with Gasteiger partial charge in [-0.2, -0.15) is 8.78 Å². The van der Waals surface area contributed by atoms with E-state index < -0.39 is 6.61 Å². The van der Waals surface area contributed by atoms with E-state index in [2.05, 4.69) is 10.1 Å². The van der Waals surface area contributed by atoms with Gasteiger partial charge in [-0.05, 0) is 35.9 Å². The van der Waals surface area contributed by atoms with Gasteiger partial charge in [-0.25, -0.2) is 0 Å². The van der Waals surface area contributed by atoms with Gasteiger partial charge in [0.25, 0.3) is 5.91 Å². The van der Waals surface area contributed by atoms with Crippen LogP contribution < -0.4 is 15.8 Å². The van der Waals surface area contributed by atoms with Crippen LogP contribution in [0.15, 0.2) is 48.5 Å². The van der Waals surface area contributed by atoms with Gasteiger partial charge in [0.1, 0.15) is 5.75 Å². The molecule has 0 saturated carbocycles. The van der Waals surface area contributed by atoms with Crippen molar-refractivity contribution in [3.8, 4) is 5.75 Å². The van der Waals surface area contributed by atoms with E-state index in [1.54, 1.807) is 36.4 Å². The second-order valence-corrected chi connectivity index (χ2v) is 4.33. The van der Waals surface area contributed by atoms with Crippen molar-refractivity contribution in [1.82, 2.24) is 5.32 Å². The Hall–Kier alpha value is -2.63. The molecule has 0 aliphatic carbocycles. The highest BCUT2D eigenvalue weighted by Crippen LogP contribution is 2.15. The average molecular weight is 292 g/mol. The topological polar surface area (TPSA) is 64.4 Å². The summed E-state index contributed by atoms with van der Waals surface area (Å²) in [5, 5.41) is 2.72. The number of nitrogen functional groups attached to an aromatic ring is 1. The monoisotopic (exact) mass is 292 g/mol. The molecule has 0 heterocycles. The SMILES string of the molecule is Nc1cccc(C(=O)NCc2ccc(OC(F)F)cc2)c1. The van der Waals surface area contributed by atoms with Crippen molar-refractivity contribution >= 4 is 11.6 Å². The van der Waals surface area contributed by atoms with Gasteiger partial charge in [-0.3, -0.25) is 4.79 Å². The standard InChI is InChI=1S/C15H14F2N2O2/c16-15(17)21-13-6-4-10(5-7-13)9-19-14(20)11-2-1-3-12(18)8-11/h1-8,15H,9,18H2,(H,19,20). The van der Waals surface area contributed by atoms with E-state index in [0.717, 1.165) is 5.56 Å². The maximum absolute atomic E-state index is 12.0. The number of amides is 1. The molecular formula is C15H14F2N2O2. The molecule has 0 unspecified atom stereocenters. The molecule has 0 radical (unpaired) electrons. The van der Waals surface area contributed by atoms with Gasteiger partial charge in [0.05, 0.1) is 0 Å². The van der Waals surface area contributed by atoms with Crippen molar-refractivity contribution in [3.05, 3.63) is 59.7 Å². The van der Waals surface area contributed by atoms with Crippen molar-refractivity contribution in [2.24, 2.45) is 0 Å². The van der Waals surface area contributed by atoms with Crippen LogP contribution in [0.25, 0.3) is 0 Å². The van der Waals surface area contributed by atoms with Crippen molar-refractivity contribution in [1.29, 1.82) is 0 Å². The molecule has 0 spiro atoms. The van der Waals surface area contributed by atoms with Crippen LogP contribution in [0.4, 0.5) is 14.5 Å². The molecule has 110 valence electrons. The zero-order valence-corrected chi connectivity index (χ0v) is 11.1. The van der Waals surface area contributed by atoms with E-state index in [1.165, 1.54) is 12.1 Å². The van der Waals surface area contributed by atoms with E-state index >= 15 is 0 Å². The first kappa shape index (κ1) is 14.8. The first-order valence-corrected chi connectivity index (χ1v) is 6.22. The fourth-order valence-corrected chi connectivity index (χ4v) is 1.75. The fourth-order valence-electron chi connectivity index (χ4n) is 1.75. The number of rotatable bonds is 5. The number of benzene rings is 2. The molecule has 21 heavy (non-hydrogen) atoms. The fraction of sp³-hybridized carbons (Fsp3) is 0.133. The molecule has 2 aromatic rings. The number of anilines is 1. The van der Waals surface area contributed by atoms with Gasteiger partial charge in [-0.1, -0.05) is 18.2 Å². The van der Waals surface area contributed by atoms with E-state index in [9.17, 15) is 13.6 Å². The zero-order chi connectivity index (χ0) is 15.2. The lowest BCUT2D eigenvalue weighted by Crippen LogP contribution is -2.22. The summed E-state index contributed by atoms with van der Waals surface area (Å²) in [5.41, 5.74) is 7.35. The van der Waals surface area contributed by atoms with Crippen LogP contribution in [-0.2, 0) is 6.54 Å². The number of carbonyl (C=O) groups is 1. The van der Waals surface area contributed by atoms with Crippen molar-refractivity contribution in [2.45, 2.75) is 13.2 Å². The van der Waals surface area contributed by atoms with Crippen LogP contribution in [-0.4, -0.2) is 12.5 Å². The molecule has 0 atom stereocenters. The summed E-state index contributed by atoms with van der Waals surface area (Å²) in [6, 6.07) is 12.7. The maximum atomic E-state index is 12.0. The van der Waals surface area contributed by atoms with Crippen LogP contribution in [0, 0.1) is 0 Å². The van der Waals surface area contributed by atoms with Crippen LogP contribution in [0.1, 0.15) is 15.9 Å². The summed E-state index contributed by atoms with van der Waals surface area (Å²) in [4.78, 5) is 11.9. The van der Waals surface area contributed by atoms with Gasteiger partial charge in [0.2, 0.25) is 0 Å². The minimum atomic E-state index is -2.85. The molecule has 0 fully saturated rings. The molecule has 2 rings (SSSR count).